The van der Waals surface area contributed by atoms with Crippen LogP contribution in [-0.4, -0.2) is 20.1 Å². The topological polar surface area (TPSA) is 47.6 Å². The molecule has 0 aliphatic rings. The Labute approximate surface area is 120 Å². The first-order chi connectivity index (χ1) is 10.0. The van der Waals surface area contributed by atoms with Gasteiger partial charge in [0.1, 0.15) is 23.1 Å². The Morgan fingerprint density at radius 2 is 1.43 bits per heavy atom. The van der Waals surface area contributed by atoms with Crippen LogP contribution < -0.4 is 14.8 Å². The molecule has 1 amide bonds. The summed E-state index contributed by atoms with van der Waals surface area (Å²) in [5, 5.41) is 2.41. The quantitative estimate of drug-likeness (QED) is 0.941. The zero-order chi connectivity index (χ0) is 15.4. The second-order valence-electron chi connectivity index (χ2n) is 4.21. The molecule has 1 N–H and O–H groups in total. The van der Waals surface area contributed by atoms with Gasteiger partial charge in [-0.1, -0.05) is 0 Å². The number of benzene rings is 2. The summed E-state index contributed by atoms with van der Waals surface area (Å²) >= 11 is 0. The van der Waals surface area contributed by atoms with E-state index in [0.717, 1.165) is 18.2 Å². The van der Waals surface area contributed by atoms with Crippen LogP contribution in [0, 0.1) is 11.6 Å². The third-order valence-corrected chi connectivity index (χ3v) is 2.73. The fourth-order valence-corrected chi connectivity index (χ4v) is 1.77. The zero-order valence-electron chi connectivity index (χ0n) is 11.4. The molecule has 110 valence electrons. The highest BCUT2D eigenvalue weighted by molar-refractivity contribution is 6.04. The molecule has 4 nitrogen and oxygen atoms in total. The summed E-state index contributed by atoms with van der Waals surface area (Å²) in [6.07, 6.45) is 0. The van der Waals surface area contributed by atoms with Gasteiger partial charge in [-0.25, -0.2) is 8.78 Å². The van der Waals surface area contributed by atoms with Crippen LogP contribution in [0.3, 0.4) is 0 Å². The first kappa shape index (κ1) is 14.8. The second-order valence-corrected chi connectivity index (χ2v) is 4.21. The van der Waals surface area contributed by atoms with E-state index in [-0.39, 0.29) is 11.3 Å². The van der Waals surface area contributed by atoms with Crippen molar-refractivity contribution in [2.75, 3.05) is 19.5 Å². The normalized spacial score (nSPS) is 10.1. The smallest absolute Gasteiger partial charge is 0.255 e. The lowest BCUT2D eigenvalue weighted by atomic mass is 10.1. The summed E-state index contributed by atoms with van der Waals surface area (Å²) < 4.78 is 36.3. The lowest BCUT2D eigenvalue weighted by Gasteiger charge is -2.09. The maximum absolute atomic E-state index is 13.1. The fourth-order valence-electron chi connectivity index (χ4n) is 1.77. The first-order valence-corrected chi connectivity index (χ1v) is 6.02. The predicted octanol–water partition coefficient (Wildman–Crippen LogP) is 3.23. The van der Waals surface area contributed by atoms with Gasteiger partial charge in [-0.2, -0.15) is 0 Å². The van der Waals surface area contributed by atoms with Crippen molar-refractivity contribution in [2.24, 2.45) is 0 Å². The fraction of sp³-hybridized carbons (Fsp3) is 0.133. The van der Waals surface area contributed by atoms with Gasteiger partial charge in [0.15, 0.2) is 0 Å². The summed E-state index contributed by atoms with van der Waals surface area (Å²) in [5.74, 6) is -1.20. The maximum Gasteiger partial charge on any atom is 0.255 e. The summed E-state index contributed by atoms with van der Waals surface area (Å²) in [4.78, 5) is 12.1. The number of carbonyl (C=O) groups is 1. The van der Waals surface area contributed by atoms with Gasteiger partial charge in [0.25, 0.3) is 5.91 Å². The zero-order valence-corrected chi connectivity index (χ0v) is 11.4. The molecule has 0 spiro atoms. The molecule has 0 bridgehead atoms. The van der Waals surface area contributed by atoms with Crippen molar-refractivity contribution in [1.82, 2.24) is 0 Å². The van der Waals surface area contributed by atoms with Gasteiger partial charge in [-0.05, 0) is 24.3 Å². The van der Waals surface area contributed by atoms with Crippen LogP contribution in [0.1, 0.15) is 10.4 Å². The number of nitrogens with one attached hydrogen (secondary N) is 1. The molecule has 2 aromatic carbocycles. The molecule has 0 aromatic heterocycles. The van der Waals surface area contributed by atoms with Crippen molar-refractivity contribution in [3.05, 3.63) is 53.6 Å². The van der Waals surface area contributed by atoms with Gasteiger partial charge in [0.05, 0.1) is 14.2 Å². The molecule has 21 heavy (non-hydrogen) atoms. The van der Waals surface area contributed by atoms with Gasteiger partial charge < -0.3 is 14.8 Å². The second kappa shape index (κ2) is 6.21. The number of rotatable bonds is 4. The van der Waals surface area contributed by atoms with Crippen LogP contribution in [-0.2, 0) is 0 Å². The Morgan fingerprint density at radius 3 is 1.90 bits per heavy atom. The molecular formula is C15H13F2NO3. The van der Waals surface area contributed by atoms with E-state index in [1.807, 2.05) is 0 Å². The minimum atomic E-state index is -0.770. The Morgan fingerprint density at radius 1 is 0.905 bits per heavy atom. The van der Waals surface area contributed by atoms with Crippen molar-refractivity contribution in [2.45, 2.75) is 0 Å². The number of ether oxygens (including phenoxy) is 2. The highest BCUT2D eigenvalue weighted by Gasteiger charge is 2.11. The number of amides is 1. The van der Waals surface area contributed by atoms with Crippen molar-refractivity contribution in [3.63, 3.8) is 0 Å². The van der Waals surface area contributed by atoms with Crippen LogP contribution in [0.25, 0.3) is 0 Å². The van der Waals surface area contributed by atoms with Crippen molar-refractivity contribution in [1.29, 1.82) is 0 Å². The number of carbonyl (C=O) groups excluding carboxylic acids is 1. The minimum Gasteiger partial charge on any atom is -0.497 e. The Balaban J connectivity index is 2.27. The maximum atomic E-state index is 13.1. The largest absolute Gasteiger partial charge is 0.497 e. The average molecular weight is 293 g/mol. The molecule has 2 aromatic rings. The van der Waals surface area contributed by atoms with E-state index in [4.69, 9.17) is 9.47 Å². The molecule has 0 atom stereocenters. The molecule has 0 aliphatic heterocycles. The van der Waals surface area contributed by atoms with E-state index < -0.39 is 17.5 Å². The van der Waals surface area contributed by atoms with Crippen LogP contribution in [0.2, 0.25) is 0 Å². The SMILES string of the molecule is COc1cc(OC)cc(C(=O)Nc2cc(F)cc(F)c2)c1. The van der Waals surface area contributed by atoms with Crippen LogP contribution >= 0.6 is 0 Å². The highest BCUT2D eigenvalue weighted by atomic mass is 19.1. The van der Waals surface area contributed by atoms with E-state index in [0.29, 0.717) is 11.5 Å². The van der Waals surface area contributed by atoms with Gasteiger partial charge >= 0.3 is 0 Å². The van der Waals surface area contributed by atoms with Gasteiger partial charge in [-0.3, -0.25) is 4.79 Å². The number of hydrogen-bond acceptors (Lipinski definition) is 3. The predicted molar refractivity (Wildman–Crippen MR) is 73.9 cm³/mol. The van der Waals surface area contributed by atoms with E-state index in [1.54, 1.807) is 6.07 Å². The Bertz CT molecular complexity index is 631. The summed E-state index contributed by atoms with van der Waals surface area (Å²) in [6.45, 7) is 0. The monoisotopic (exact) mass is 293 g/mol. The van der Waals surface area contributed by atoms with E-state index in [2.05, 4.69) is 5.32 Å². The van der Waals surface area contributed by atoms with E-state index in [9.17, 15) is 13.6 Å². The molecule has 0 unspecified atom stereocenters. The van der Waals surface area contributed by atoms with Crippen molar-refractivity contribution in [3.8, 4) is 11.5 Å². The van der Waals surface area contributed by atoms with Gasteiger partial charge in [0.2, 0.25) is 0 Å². The molecule has 0 aliphatic carbocycles. The number of hydrogen-bond donors (Lipinski definition) is 1. The number of halogens is 2. The third kappa shape index (κ3) is 3.68. The van der Waals surface area contributed by atoms with Crippen LogP contribution in [0.15, 0.2) is 36.4 Å². The number of anilines is 1. The molecular weight excluding hydrogens is 280 g/mol. The summed E-state index contributed by atoms with van der Waals surface area (Å²) in [7, 11) is 2.91. The molecule has 2 rings (SSSR count). The molecule has 6 heteroatoms. The van der Waals surface area contributed by atoms with Crippen molar-refractivity contribution >= 4 is 11.6 Å². The summed E-state index contributed by atoms with van der Waals surface area (Å²) in [5.41, 5.74) is 0.273. The van der Waals surface area contributed by atoms with Crippen LogP contribution in [0.5, 0.6) is 11.5 Å². The average Bonchev–Trinajstić information content (AvgIpc) is 2.45. The Hall–Kier alpha value is -2.63. The first-order valence-electron chi connectivity index (χ1n) is 6.02. The molecule has 0 fully saturated rings. The highest BCUT2D eigenvalue weighted by Crippen LogP contribution is 2.23. The standard InChI is InChI=1S/C15H13F2NO3/c1-20-13-3-9(4-14(8-13)21-2)15(19)18-12-6-10(16)5-11(17)7-12/h3-8H,1-2H3,(H,18,19). The summed E-state index contributed by atoms with van der Waals surface area (Å²) in [6, 6.07) is 7.38. The number of methoxy groups -OCH3 is 2. The van der Waals surface area contributed by atoms with Crippen LogP contribution in [0.4, 0.5) is 14.5 Å². The van der Waals surface area contributed by atoms with Gasteiger partial charge in [0, 0.05) is 23.4 Å². The molecule has 0 radical (unpaired) electrons. The minimum absolute atomic E-state index is 0.0271. The van der Waals surface area contributed by atoms with E-state index in [1.165, 1.54) is 26.4 Å². The third-order valence-electron chi connectivity index (χ3n) is 2.73. The molecule has 0 saturated carbocycles. The lowest BCUT2D eigenvalue weighted by molar-refractivity contribution is 0.102. The van der Waals surface area contributed by atoms with Gasteiger partial charge in [-0.15, -0.1) is 0 Å². The Kier molecular flexibility index (Phi) is 4.37. The lowest BCUT2D eigenvalue weighted by Crippen LogP contribution is -2.12. The van der Waals surface area contributed by atoms with Crippen molar-refractivity contribution < 1.29 is 23.0 Å². The molecule has 0 heterocycles. The van der Waals surface area contributed by atoms with E-state index >= 15 is 0 Å². The molecule has 0 saturated heterocycles.